The number of rotatable bonds is 9. The number of guanidine groups is 1. The zero-order chi connectivity index (χ0) is 15.3. The molecule has 1 saturated carbocycles. The van der Waals surface area contributed by atoms with E-state index in [9.17, 15) is 0 Å². The topological polar surface area (TPSA) is 45.7 Å². The van der Waals surface area contributed by atoms with Gasteiger partial charge in [-0.25, -0.2) is 0 Å². The van der Waals surface area contributed by atoms with Crippen LogP contribution in [0.4, 0.5) is 0 Å². The van der Waals surface area contributed by atoms with Gasteiger partial charge in [0.15, 0.2) is 5.96 Å². The van der Waals surface area contributed by atoms with Crippen molar-refractivity contribution in [2.75, 3.05) is 19.7 Å². The molecule has 0 amide bonds. The third-order valence-electron chi connectivity index (χ3n) is 3.75. The first-order chi connectivity index (χ1) is 10.2. The van der Waals surface area contributed by atoms with Gasteiger partial charge in [0.05, 0.1) is 6.10 Å². The van der Waals surface area contributed by atoms with Gasteiger partial charge in [0.25, 0.3) is 0 Å². The molecular formula is C17H35N3O. The lowest BCUT2D eigenvalue weighted by Crippen LogP contribution is -2.41. The highest BCUT2D eigenvalue weighted by atomic mass is 16.5. The second-order valence-corrected chi connectivity index (χ2v) is 6.25. The average molecular weight is 297 g/mol. The van der Waals surface area contributed by atoms with Gasteiger partial charge in [-0.2, -0.15) is 0 Å². The van der Waals surface area contributed by atoms with Crippen LogP contribution in [-0.2, 0) is 4.74 Å². The van der Waals surface area contributed by atoms with Crippen molar-refractivity contribution in [1.82, 2.24) is 10.6 Å². The second-order valence-electron chi connectivity index (χ2n) is 6.25. The fourth-order valence-corrected chi connectivity index (χ4v) is 2.66. The first kappa shape index (κ1) is 18.3. The van der Waals surface area contributed by atoms with Crippen LogP contribution in [0.1, 0.15) is 72.1 Å². The Kier molecular flexibility index (Phi) is 10.3. The lowest BCUT2D eigenvalue weighted by atomic mass is 9.98. The zero-order valence-corrected chi connectivity index (χ0v) is 14.3. The van der Waals surface area contributed by atoms with Gasteiger partial charge in [0.2, 0.25) is 0 Å². The minimum atomic E-state index is 0.423. The van der Waals surface area contributed by atoms with E-state index in [1.54, 1.807) is 0 Å². The largest absolute Gasteiger partial charge is 0.378 e. The van der Waals surface area contributed by atoms with E-state index in [1.165, 1.54) is 44.9 Å². The van der Waals surface area contributed by atoms with Crippen molar-refractivity contribution in [3.05, 3.63) is 0 Å². The highest BCUT2D eigenvalue weighted by Crippen LogP contribution is 2.20. The smallest absolute Gasteiger partial charge is 0.191 e. The fraction of sp³-hybridized carbons (Fsp3) is 0.941. The molecule has 124 valence electrons. The summed E-state index contributed by atoms with van der Waals surface area (Å²) >= 11 is 0. The van der Waals surface area contributed by atoms with E-state index < -0.39 is 0 Å². The van der Waals surface area contributed by atoms with Gasteiger partial charge in [-0.05, 0) is 52.9 Å². The van der Waals surface area contributed by atoms with E-state index in [1.807, 2.05) is 0 Å². The molecule has 0 aliphatic heterocycles. The van der Waals surface area contributed by atoms with E-state index in [4.69, 9.17) is 4.74 Å². The Morgan fingerprint density at radius 3 is 2.57 bits per heavy atom. The molecule has 0 unspecified atom stereocenters. The summed E-state index contributed by atoms with van der Waals surface area (Å²) in [6.45, 7) is 9.10. The van der Waals surface area contributed by atoms with Crippen LogP contribution in [0.2, 0.25) is 0 Å². The van der Waals surface area contributed by atoms with Crippen molar-refractivity contribution in [3.8, 4) is 0 Å². The van der Waals surface area contributed by atoms with Crippen LogP contribution in [0, 0.1) is 0 Å². The maximum atomic E-state index is 5.94. The Bertz CT molecular complexity index is 273. The Hall–Kier alpha value is -0.770. The third-order valence-corrected chi connectivity index (χ3v) is 3.75. The molecule has 0 heterocycles. The molecule has 2 N–H and O–H groups in total. The first-order valence-corrected chi connectivity index (χ1v) is 8.88. The molecule has 1 fully saturated rings. The van der Waals surface area contributed by atoms with E-state index in [0.29, 0.717) is 12.1 Å². The Labute approximate surface area is 131 Å². The van der Waals surface area contributed by atoms with Gasteiger partial charge in [-0.3, -0.25) is 4.99 Å². The molecule has 0 aromatic carbocycles. The predicted molar refractivity (Wildman–Crippen MR) is 90.9 cm³/mol. The number of hydrogen-bond acceptors (Lipinski definition) is 2. The highest BCUT2D eigenvalue weighted by Gasteiger charge is 2.12. The molecule has 0 radical (unpaired) electrons. The molecule has 0 aromatic rings. The van der Waals surface area contributed by atoms with Gasteiger partial charge in [0, 0.05) is 25.7 Å². The van der Waals surface area contributed by atoms with Crippen LogP contribution in [0.3, 0.4) is 0 Å². The Morgan fingerprint density at radius 2 is 1.90 bits per heavy atom. The Balaban J connectivity index is 2.01. The summed E-state index contributed by atoms with van der Waals surface area (Å²) in [4.78, 5) is 4.59. The number of unbranched alkanes of at least 4 members (excludes halogenated alkanes) is 2. The minimum Gasteiger partial charge on any atom is -0.378 e. The molecular weight excluding hydrogens is 262 g/mol. The summed E-state index contributed by atoms with van der Waals surface area (Å²) in [5, 5.41) is 6.61. The number of hydrogen-bond donors (Lipinski definition) is 2. The van der Waals surface area contributed by atoms with E-state index in [-0.39, 0.29) is 0 Å². The third kappa shape index (κ3) is 9.72. The Morgan fingerprint density at radius 1 is 1.14 bits per heavy atom. The number of nitrogens with zero attached hydrogens (tertiary/aromatic N) is 1. The monoisotopic (exact) mass is 297 g/mol. The second kappa shape index (κ2) is 11.8. The minimum absolute atomic E-state index is 0.423. The molecule has 0 saturated heterocycles. The lowest BCUT2D eigenvalue weighted by Gasteiger charge is -2.21. The highest BCUT2D eigenvalue weighted by molar-refractivity contribution is 5.79. The summed E-state index contributed by atoms with van der Waals surface area (Å²) in [6.07, 6.45) is 10.7. The SMILES string of the molecule is CCNC(=NCCCCCOC1CCCCC1)NC(C)C. The van der Waals surface area contributed by atoms with Gasteiger partial charge in [0.1, 0.15) is 0 Å². The molecule has 0 aromatic heterocycles. The molecule has 1 rings (SSSR count). The maximum Gasteiger partial charge on any atom is 0.191 e. The van der Waals surface area contributed by atoms with Crippen molar-refractivity contribution in [2.45, 2.75) is 84.3 Å². The van der Waals surface area contributed by atoms with E-state index in [0.717, 1.165) is 32.1 Å². The fourth-order valence-electron chi connectivity index (χ4n) is 2.66. The van der Waals surface area contributed by atoms with Gasteiger partial charge in [-0.1, -0.05) is 19.3 Å². The van der Waals surface area contributed by atoms with Crippen LogP contribution in [0.15, 0.2) is 4.99 Å². The van der Waals surface area contributed by atoms with Crippen LogP contribution < -0.4 is 10.6 Å². The molecule has 1 aliphatic rings. The zero-order valence-electron chi connectivity index (χ0n) is 14.3. The summed E-state index contributed by atoms with van der Waals surface area (Å²) in [7, 11) is 0. The van der Waals surface area contributed by atoms with Crippen molar-refractivity contribution in [1.29, 1.82) is 0 Å². The van der Waals surface area contributed by atoms with E-state index in [2.05, 4.69) is 36.4 Å². The lowest BCUT2D eigenvalue weighted by molar-refractivity contribution is 0.0264. The molecule has 1 aliphatic carbocycles. The van der Waals surface area contributed by atoms with Crippen LogP contribution in [-0.4, -0.2) is 37.8 Å². The number of ether oxygens (including phenoxy) is 1. The average Bonchev–Trinajstić information content (AvgIpc) is 2.47. The predicted octanol–water partition coefficient (Wildman–Crippen LogP) is 3.47. The van der Waals surface area contributed by atoms with Crippen molar-refractivity contribution in [2.24, 2.45) is 4.99 Å². The van der Waals surface area contributed by atoms with Crippen LogP contribution in [0.5, 0.6) is 0 Å². The molecule has 4 heteroatoms. The molecule has 0 bridgehead atoms. The first-order valence-electron chi connectivity index (χ1n) is 8.88. The quantitative estimate of drug-likeness (QED) is 0.389. The molecule has 0 spiro atoms. The van der Waals surface area contributed by atoms with Crippen molar-refractivity contribution < 1.29 is 4.74 Å². The van der Waals surface area contributed by atoms with Gasteiger partial charge >= 0.3 is 0 Å². The van der Waals surface area contributed by atoms with Crippen LogP contribution in [0.25, 0.3) is 0 Å². The number of nitrogens with one attached hydrogen (secondary N) is 2. The maximum absolute atomic E-state index is 5.94. The standard InChI is InChI=1S/C17H35N3O/c1-4-18-17(20-15(2)3)19-13-9-6-10-14-21-16-11-7-5-8-12-16/h15-16H,4-14H2,1-3H3,(H2,18,19,20). The van der Waals surface area contributed by atoms with Gasteiger partial charge < -0.3 is 15.4 Å². The van der Waals surface area contributed by atoms with Crippen molar-refractivity contribution >= 4 is 5.96 Å². The summed E-state index contributed by atoms with van der Waals surface area (Å²) < 4.78 is 5.94. The normalized spacial score (nSPS) is 17.2. The van der Waals surface area contributed by atoms with E-state index >= 15 is 0 Å². The summed E-state index contributed by atoms with van der Waals surface area (Å²) in [5.74, 6) is 0.936. The summed E-state index contributed by atoms with van der Waals surface area (Å²) in [6, 6.07) is 0.423. The van der Waals surface area contributed by atoms with Gasteiger partial charge in [-0.15, -0.1) is 0 Å². The van der Waals surface area contributed by atoms with Crippen LogP contribution >= 0.6 is 0 Å². The number of aliphatic imine (C=N–C) groups is 1. The summed E-state index contributed by atoms with van der Waals surface area (Å²) in [5.41, 5.74) is 0. The molecule has 21 heavy (non-hydrogen) atoms. The molecule has 0 atom stereocenters. The van der Waals surface area contributed by atoms with Crippen molar-refractivity contribution in [3.63, 3.8) is 0 Å². The molecule has 4 nitrogen and oxygen atoms in total.